The first-order valence-electron chi connectivity index (χ1n) is 6.04. The molecule has 0 saturated carbocycles. The second-order valence-electron chi connectivity index (χ2n) is 4.20. The Morgan fingerprint density at radius 2 is 2.22 bits per heavy atom. The average molecular weight is 263 g/mol. The molecule has 1 heterocycles. The van der Waals surface area contributed by atoms with Crippen molar-refractivity contribution in [1.82, 2.24) is 9.55 Å². The summed E-state index contributed by atoms with van der Waals surface area (Å²) in [5.74, 6) is -0.310. The summed E-state index contributed by atoms with van der Waals surface area (Å²) in [6, 6.07) is 8.01. The van der Waals surface area contributed by atoms with Gasteiger partial charge in [-0.25, -0.2) is 4.98 Å². The quantitative estimate of drug-likeness (QED) is 0.843. The molecule has 0 bridgehead atoms. The molecule has 1 unspecified atom stereocenters. The molecule has 0 radical (unpaired) electrons. The molecule has 18 heavy (non-hydrogen) atoms. The van der Waals surface area contributed by atoms with Crippen molar-refractivity contribution in [3.8, 4) is 0 Å². The number of imidazole rings is 1. The molecule has 0 spiro atoms. The van der Waals surface area contributed by atoms with Crippen molar-refractivity contribution in [2.45, 2.75) is 37.2 Å². The van der Waals surface area contributed by atoms with Crippen LogP contribution in [0.25, 0.3) is 11.0 Å². The number of fused-ring (bicyclic) bond motifs is 1. The van der Waals surface area contributed by atoms with Gasteiger partial charge < -0.3 is 10.3 Å². The van der Waals surface area contributed by atoms with Crippen LogP contribution in [-0.4, -0.2) is 20.7 Å². The summed E-state index contributed by atoms with van der Waals surface area (Å²) in [4.78, 5) is 15.7. The monoisotopic (exact) mass is 263 g/mol. The van der Waals surface area contributed by atoms with E-state index in [0.717, 1.165) is 29.2 Å². The highest BCUT2D eigenvalue weighted by Gasteiger charge is 2.16. The largest absolute Gasteiger partial charge is 0.369 e. The van der Waals surface area contributed by atoms with E-state index in [9.17, 15) is 4.79 Å². The van der Waals surface area contributed by atoms with Gasteiger partial charge in [0.25, 0.3) is 0 Å². The van der Waals surface area contributed by atoms with Crippen molar-refractivity contribution < 1.29 is 4.79 Å². The minimum absolute atomic E-state index is 0.266. The first kappa shape index (κ1) is 13.0. The van der Waals surface area contributed by atoms with Gasteiger partial charge in [-0.2, -0.15) is 0 Å². The molecular formula is C13H17N3OS. The number of amides is 1. The first-order valence-corrected chi connectivity index (χ1v) is 6.92. The number of carbonyl (C=O) groups is 1. The van der Waals surface area contributed by atoms with Crippen LogP contribution in [0.1, 0.15) is 20.3 Å². The molecule has 1 aromatic carbocycles. The van der Waals surface area contributed by atoms with Gasteiger partial charge >= 0.3 is 0 Å². The molecule has 0 aliphatic rings. The van der Waals surface area contributed by atoms with Gasteiger partial charge in [0.1, 0.15) is 0 Å². The number of aromatic nitrogens is 2. The van der Waals surface area contributed by atoms with Crippen molar-refractivity contribution in [1.29, 1.82) is 0 Å². The van der Waals surface area contributed by atoms with E-state index in [4.69, 9.17) is 5.73 Å². The average Bonchev–Trinajstić information content (AvgIpc) is 2.68. The van der Waals surface area contributed by atoms with Crippen LogP contribution in [0.5, 0.6) is 0 Å². The van der Waals surface area contributed by atoms with Crippen LogP contribution in [-0.2, 0) is 11.3 Å². The number of carbonyl (C=O) groups excluding carboxylic acids is 1. The van der Waals surface area contributed by atoms with Crippen LogP contribution in [0.4, 0.5) is 0 Å². The smallest absolute Gasteiger partial charge is 0.230 e. The third-order valence-corrected chi connectivity index (χ3v) is 3.86. The maximum Gasteiger partial charge on any atom is 0.230 e. The summed E-state index contributed by atoms with van der Waals surface area (Å²) in [5, 5.41) is 0.599. The second-order valence-corrected chi connectivity index (χ2v) is 5.51. The Morgan fingerprint density at radius 1 is 1.50 bits per heavy atom. The minimum Gasteiger partial charge on any atom is -0.369 e. The standard InChI is InChI=1S/C13H17N3OS/c1-3-8-16-11-7-5-4-6-10(11)15-13(16)18-9(2)12(14)17/h4-7,9H,3,8H2,1-2H3,(H2,14,17). The minimum atomic E-state index is -0.310. The van der Waals surface area contributed by atoms with E-state index < -0.39 is 0 Å². The predicted molar refractivity (Wildman–Crippen MR) is 74.5 cm³/mol. The molecule has 0 saturated heterocycles. The maximum absolute atomic E-state index is 11.2. The fraction of sp³-hybridized carbons (Fsp3) is 0.385. The Balaban J connectivity index is 2.42. The van der Waals surface area contributed by atoms with Crippen LogP contribution >= 0.6 is 11.8 Å². The number of hydrogen-bond acceptors (Lipinski definition) is 3. The number of thioether (sulfide) groups is 1. The summed E-state index contributed by atoms with van der Waals surface area (Å²) in [7, 11) is 0. The third-order valence-electron chi connectivity index (χ3n) is 2.75. The number of primary amides is 1. The van der Waals surface area contributed by atoms with Crippen LogP contribution in [0.15, 0.2) is 29.4 Å². The topological polar surface area (TPSA) is 60.9 Å². The molecule has 0 aliphatic carbocycles. The molecule has 1 aromatic heterocycles. The first-order chi connectivity index (χ1) is 8.63. The molecule has 1 atom stereocenters. The van der Waals surface area contributed by atoms with Gasteiger partial charge in [-0.15, -0.1) is 0 Å². The van der Waals surface area contributed by atoms with Crippen molar-refractivity contribution in [2.75, 3.05) is 0 Å². The summed E-state index contributed by atoms with van der Waals surface area (Å²) in [6.45, 7) is 4.83. The van der Waals surface area contributed by atoms with Gasteiger partial charge in [0.2, 0.25) is 5.91 Å². The van der Waals surface area contributed by atoms with Crippen LogP contribution in [0.3, 0.4) is 0 Å². The Bertz CT molecular complexity index is 564. The number of nitrogens with two attached hydrogens (primary N) is 1. The zero-order valence-corrected chi connectivity index (χ0v) is 11.4. The molecule has 5 heteroatoms. The third kappa shape index (κ3) is 2.51. The lowest BCUT2D eigenvalue weighted by Gasteiger charge is -2.09. The van der Waals surface area contributed by atoms with E-state index in [-0.39, 0.29) is 11.2 Å². The normalized spacial score (nSPS) is 12.8. The molecule has 2 aromatic rings. The molecule has 96 valence electrons. The van der Waals surface area contributed by atoms with E-state index in [1.165, 1.54) is 11.8 Å². The molecule has 0 fully saturated rings. The number of aryl methyl sites for hydroxylation is 1. The highest BCUT2D eigenvalue weighted by atomic mass is 32.2. The number of rotatable bonds is 5. The van der Waals surface area contributed by atoms with Crippen LogP contribution in [0, 0.1) is 0 Å². The molecule has 0 aliphatic heterocycles. The molecular weight excluding hydrogens is 246 g/mol. The summed E-state index contributed by atoms with van der Waals surface area (Å²) in [5.41, 5.74) is 7.38. The molecule has 2 N–H and O–H groups in total. The Labute approximate surface area is 111 Å². The lowest BCUT2D eigenvalue weighted by molar-refractivity contribution is -0.117. The lowest BCUT2D eigenvalue weighted by atomic mass is 10.3. The number of nitrogens with zero attached hydrogens (tertiary/aromatic N) is 2. The second kappa shape index (κ2) is 5.44. The molecule has 4 nitrogen and oxygen atoms in total. The SMILES string of the molecule is CCCn1c(SC(C)C(N)=O)nc2ccccc21. The fourth-order valence-electron chi connectivity index (χ4n) is 1.80. The van der Waals surface area contributed by atoms with Crippen molar-refractivity contribution in [2.24, 2.45) is 5.73 Å². The van der Waals surface area contributed by atoms with Crippen molar-refractivity contribution in [3.63, 3.8) is 0 Å². The summed E-state index contributed by atoms with van der Waals surface area (Å²) in [6.07, 6.45) is 1.03. The van der Waals surface area contributed by atoms with E-state index in [2.05, 4.69) is 22.5 Å². The molecule has 1 amide bonds. The van der Waals surface area contributed by atoms with Crippen molar-refractivity contribution in [3.05, 3.63) is 24.3 Å². The zero-order valence-electron chi connectivity index (χ0n) is 10.6. The van der Waals surface area contributed by atoms with Gasteiger partial charge in [-0.05, 0) is 25.5 Å². The van der Waals surface area contributed by atoms with Gasteiger partial charge in [-0.3, -0.25) is 4.79 Å². The van der Waals surface area contributed by atoms with E-state index in [1.54, 1.807) is 0 Å². The van der Waals surface area contributed by atoms with Gasteiger partial charge in [-0.1, -0.05) is 30.8 Å². The van der Waals surface area contributed by atoms with E-state index in [0.29, 0.717) is 0 Å². The number of para-hydroxylation sites is 2. The van der Waals surface area contributed by atoms with E-state index in [1.807, 2.05) is 25.1 Å². The Hall–Kier alpha value is -1.49. The van der Waals surface area contributed by atoms with Crippen molar-refractivity contribution >= 4 is 28.7 Å². The summed E-state index contributed by atoms with van der Waals surface area (Å²) < 4.78 is 2.15. The molecule has 2 rings (SSSR count). The summed E-state index contributed by atoms with van der Waals surface area (Å²) >= 11 is 1.42. The zero-order chi connectivity index (χ0) is 13.1. The predicted octanol–water partition coefficient (Wildman–Crippen LogP) is 2.41. The Kier molecular flexibility index (Phi) is 3.91. The Morgan fingerprint density at radius 3 is 2.89 bits per heavy atom. The lowest BCUT2D eigenvalue weighted by Crippen LogP contribution is -2.23. The number of benzene rings is 1. The highest BCUT2D eigenvalue weighted by molar-refractivity contribution is 8.00. The van der Waals surface area contributed by atoms with Crippen LogP contribution in [0.2, 0.25) is 0 Å². The number of hydrogen-bond donors (Lipinski definition) is 1. The fourth-order valence-corrected chi connectivity index (χ4v) is 2.70. The van der Waals surface area contributed by atoms with E-state index >= 15 is 0 Å². The highest BCUT2D eigenvalue weighted by Crippen LogP contribution is 2.27. The maximum atomic E-state index is 11.2. The van der Waals surface area contributed by atoms with Gasteiger partial charge in [0.15, 0.2) is 5.16 Å². The van der Waals surface area contributed by atoms with Crippen LogP contribution < -0.4 is 5.73 Å². The van der Waals surface area contributed by atoms with Gasteiger partial charge in [0, 0.05) is 6.54 Å². The van der Waals surface area contributed by atoms with Gasteiger partial charge in [0.05, 0.1) is 16.3 Å².